The average Bonchev–Trinajstić information content (AvgIpc) is 2.87. The van der Waals surface area contributed by atoms with Crippen LogP contribution in [0.2, 0.25) is 0 Å². The summed E-state index contributed by atoms with van der Waals surface area (Å²) in [5.74, 6) is 0.900. The topological polar surface area (TPSA) is 67.1 Å². The molecule has 4 aromatic rings. The maximum Gasteiger partial charge on any atom is 0.227 e. The van der Waals surface area contributed by atoms with Crippen LogP contribution in [0.25, 0.3) is 11.3 Å². The molecular weight excluding hydrogens is 510 g/mol. The fraction of sp³-hybridized carbons (Fsp3) is 0.267. The summed E-state index contributed by atoms with van der Waals surface area (Å²) >= 11 is 3.63. The van der Waals surface area contributed by atoms with Crippen molar-refractivity contribution in [3.8, 4) is 11.3 Å². The predicted octanol–water partition coefficient (Wildman–Crippen LogP) is 6.16. The summed E-state index contributed by atoms with van der Waals surface area (Å²) in [5.41, 5.74) is 14.5. The van der Waals surface area contributed by atoms with Crippen molar-refractivity contribution >= 4 is 27.6 Å². The third kappa shape index (κ3) is 5.67. The van der Waals surface area contributed by atoms with E-state index < -0.39 is 0 Å². The third-order valence-corrected chi connectivity index (χ3v) is 7.24. The van der Waals surface area contributed by atoms with Crippen molar-refractivity contribution in [2.24, 2.45) is 5.73 Å². The van der Waals surface area contributed by atoms with Crippen molar-refractivity contribution in [3.63, 3.8) is 0 Å². The molecular formula is C30H32BrN5. The van der Waals surface area contributed by atoms with Crippen molar-refractivity contribution in [2.75, 3.05) is 26.0 Å². The van der Waals surface area contributed by atoms with E-state index in [0.29, 0.717) is 5.95 Å². The molecule has 0 saturated carbocycles. The Balaban J connectivity index is 1.33. The molecule has 0 saturated heterocycles. The van der Waals surface area contributed by atoms with Crippen LogP contribution in [0.1, 0.15) is 34.6 Å². The quantitative estimate of drug-likeness (QED) is 0.279. The monoisotopic (exact) mass is 541 g/mol. The maximum absolute atomic E-state index is 6.22. The molecule has 184 valence electrons. The number of nitrogens with one attached hydrogen (secondary N) is 1. The lowest BCUT2D eigenvalue weighted by Crippen LogP contribution is -2.33. The molecule has 1 aromatic heterocycles. The number of aryl methyl sites for hydroxylation is 1. The van der Waals surface area contributed by atoms with E-state index in [9.17, 15) is 0 Å². The van der Waals surface area contributed by atoms with Gasteiger partial charge in [-0.15, -0.1) is 0 Å². The van der Waals surface area contributed by atoms with E-state index in [1.54, 1.807) is 0 Å². The fourth-order valence-electron chi connectivity index (χ4n) is 5.01. The van der Waals surface area contributed by atoms with Gasteiger partial charge in [0.2, 0.25) is 5.95 Å². The van der Waals surface area contributed by atoms with Crippen LogP contribution in [0.3, 0.4) is 0 Å². The number of rotatable bonds is 8. The standard InChI is InChI=1S/C30H32BrN5/c1-36(2)19-24(32)13-10-20-11-14-25(15-12-20)34-30-33-18-22-17-28(21-6-5-7-23(31)16-21)26-8-3-4-9-27(26)29(22)35-30/h3-9,11-12,14-16,18,24,28H,10,13,17,19,32H2,1-2H3,(H,33,34,35). The summed E-state index contributed by atoms with van der Waals surface area (Å²) < 4.78 is 1.10. The highest BCUT2D eigenvalue weighted by atomic mass is 79.9. The van der Waals surface area contributed by atoms with E-state index in [2.05, 4.69) is 118 Å². The van der Waals surface area contributed by atoms with E-state index >= 15 is 0 Å². The Morgan fingerprint density at radius 3 is 2.64 bits per heavy atom. The van der Waals surface area contributed by atoms with Gasteiger partial charge in [-0.25, -0.2) is 9.97 Å². The van der Waals surface area contributed by atoms with Gasteiger partial charge in [-0.05, 0) is 79.9 Å². The lowest BCUT2D eigenvalue weighted by molar-refractivity contribution is 0.363. The zero-order valence-corrected chi connectivity index (χ0v) is 22.4. The Morgan fingerprint density at radius 2 is 1.86 bits per heavy atom. The Morgan fingerprint density at radius 1 is 1.06 bits per heavy atom. The van der Waals surface area contributed by atoms with Crippen molar-refractivity contribution in [2.45, 2.75) is 31.2 Å². The summed E-state index contributed by atoms with van der Waals surface area (Å²) in [6.07, 6.45) is 4.81. The van der Waals surface area contributed by atoms with Gasteiger partial charge in [0.25, 0.3) is 0 Å². The molecule has 5 rings (SSSR count). The second-order valence-corrected chi connectivity index (χ2v) is 10.8. The Hall–Kier alpha value is -3.06. The van der Waals surface area contributed by atoms with Crippen LogP contribution in [0.5, 0.6) is 0 Å². The van der Waals surface area contributed by atoms with Gasteiger partial charge in [0.05, 0.1) is 5.69 Å². The van der Waals surface area contributed by atoms with E-state index in [0.717, 1.165) is 41.7 Å². The van der Waals surface area contributed by atoms with Gasteiger partial charge < -0.3 is 16.0 Å². The minimum absolute atomic E-state index is 0.188. The van der Waals surface area contributed by atoms with Gasteiger partial charge in [0.1, 0.15) is 0 Å². The highest BCUT2D eigenvalue weighted by Crippen LogP contribution is 2.42. The number of anilines is 2. The zero-order chi connectivity index (χ0) is 25.1. The van der Waals surface area contributed by atoms with Crippen LogP contribution in [0.15, 0.2) is 83.5 Å². The number of likely N-dealkylation sites (N-methyl/N-ethyl adjacent to an activating group) is 1. The summed E-state index contributed by atoms with van der Waals surface area (Å²) in [5, 5.41) is 3.39. The molecule has 0 fully saturated rings. The number of nitrogens with two attached hydrogens (primary N) is 1. The third-order valence-electron chi connectivity index (χ3n) is 6.74. The first-order valence-electron chi connectivity index (χ1n) is 12.4. The van der Waals surface area contributed by atoms with Crippen LogP contribution in [-0.2, 0) is 12.8 Å². The lowest BCUT2D eigenvalue weighted by Gasteiger charge is -2.27. The van der Waals surface area contributed by atoms with E-state index in [-0.39, 0.29) is 12.0 Å². The van der Waals surface area contributed by atoms with Gasteiger partial charge in [0.15, 0.2) is 0 Å². The first-order valence-corrected chi connectivity index (χ1v) is 13.2. The van der Waals surface area contributed by atoms with Gasteiger partial charge in [-0.3, -0.25) is 0 Å². The molecule has 2 atom stereocenters. The number of hydrogen-bond donors (Lipinski definition) is 2. The predicted molar refractivity (Wildman–Crippen MR) is 152 cm³/mol. The molecule has 0 bridgehead atoms. The van der Waals surface area contributed by atoms with Crippen molar-refractivity contribution in [1.82, 2.24) is 14.9 Å². The van der Waals surface area contributed by atoms with Crippen LogP contribution >= 0.6 is 15.9 Å². The smallest absolute Gasteiger partial charge is 0.227 e. The van der Waals surface area contributed by atoms with Crippen LogP contribution in [0, 0.1) is 0 Å². The fourth-order valence-corrected chi connectivity index (χ4v) is 5.43. The van der Waals surface area contributed by atoms with Crippen LogP contribution < -0.4 is 11.1 Å². The minimum atomic E-state index is 0.188. The van der Waals surface area contributed by atoms with E-state index in [4.69, 9.17) is 10.7 Å². The van der Waals surface area contributed by atoms with Crippen molar-refractivity contribution in [1.29, 1.82) is 0 Å². The number of hydrogen-bond acceptors (Lipinski definition) is 5. The molecule has 0 amide bonds. The number of nitrogens with zero attached hydrogens (tertiary/aromatic N) is 3. The molecule has 1 heterocycles. The van der Waals surface area contributed by atoms with Gasteiger partial charge in [-0.1, -0.05) is 64.5 Å². The summed E-state index contributed by atoms with van der Waals surface area (Å²) in [6.45, 7) is 0.905. The minimum Gasteiger partial charge on any atom is -0.327 e. The molecule has 36 heavy (non-hydrogen) atoms. The molecule has 3 N–H and O–H groups in total. The van der Waals surface area contributed by atoms with E-state index in [1.807, 2.05) is 6.20 Å². The zero-order valence-electron chi connectivity index (χ0n) is 20.8. The maximum atomic E-state index is 6.22. The molecule has 1 aliphatic carbocycles. The number of aromatic nitrogens is 2. The van der Waals surface area contributed by atoms with Crippen molar-refractivity contribution < 1.29 is 0 Å². The lowest BCUT2D eigenvalue weighted by atomic mass is 9.78. The first kappa shape index (κ1) is 24.6. The van der Waals surface area contributed by atoms with Crippen molar-refractivity contribution in [3.05, 3.63) is 106 Å². The molecule has 1 aliphatic rings. The normalized spacial score (nSPS) is 15.3. The average molecular weight is 543 g/mol. The molecule has 0 spiro atoms. The van der Waals surface area contributed by atoms with E-state index in [1.165, 1.54) is 27.8 Å². The molecule has 3 aromatic carbocycles. The largest absolute Gasteiger partial charge is 0.327 e. The van der Waals surface area contributed by atoms with Crippen LogP contribution in [0.4, 0.5) is 11.6 Å². The molecule has 6 heteroatoms. The Kier molecular flexibility index (Phi) is 7.46. The van der Waals surface area contributed by atoms with Gasteiger partial charge >= 0.3 is 0 Å². The number of benzene rings is 3. The number of fused-ring (bicyclic) bond motifs is 3. The molecule has 5 nitrogen and oxygen atoms in total. The molecule has 0 radical (unpaired) electrons. The molecule has 0 aliphatic heterocycles. The van der Waals surface area contributed by atoms with Gasteiger partial charge in [0, 0.05) is 40.4 Å². The number of halogens is 1. The SMILES string of the molecule is CN(C)CC(N)CCc1ccc(Nc2ncc3c(n2)-c2ccccc2C(c2cccc(Br)c2)C3)cc1. The second kappa shape index (κ2) is 10.9. The Bertz CT molecular complexity index is 1340. The highest BCUT2D eigenvalue weighted by Gasteiger charge is 2.27. The summed E-state index contributed by atoms with van der Waals surface area (Å²) in [4.78, 5) is 11.7. The first-order chi connectivity index (χ1) is 17.5. The van der Waals surface area contributed by atoms with Crippen LogP contribution in [-0.4, -0.2) is 41.5 Å². The highest BCUT2D eigenvalue weighted by molar-refractivity contribution is 9.10. The van der Waals surface area contributed by atoms with Gasteiger partial charge in [-0.2, -0.15) is 0 Å². The Labute approximate surface area is 221 Å². The summed E-state index contributed by atoms with van der Waals surface area (Å²) in [6, 6.07) is 25.9. The molecule has 2 unspecified atom stereocenters. The summed E-state index contributed by atoms with van der Waals surface area (Å²) in [7, 11) is 4.12. The second-order valence-electron chi connectivity index (χ2n) is 9.85.